The lowest BCUT2D eigenvalue weighted by Gasteiger charge is -2.33. The summed E-state index contributed by atoms with van der Waals surface area (Å²) in [5, 5.41) is 0. The van der Waals surface area contributed by atoms with Crippen LogP contribution in [0.25, 0.3) is 0 Å². The van der Waals surface area contributed by atoms with E-state index in [1.165, 1.54) is 5.69 Å². The number of aromatic nitrogens is 2. The average molecular weight is 327 g/mol. The number of likely N-dealkylation sites (tertiary alicyclic amines) is 1. The Balaban J connectivity index is 1.67. The van der Waals surface area contributed by atoms with E-state index in [-0.39, 0.29) is 5.91 Å². The number of rotatable bonds is 4. The Kier molecular flexibility index (Phi) is 4.88. The van der Waals surface area contributed by atoms with Gasteiger partial charge in [-0.3, -0.25) is 4.79 Å². The maximum Gasteiger partial charge on any atom is 0.253 e. The molecule has 2 aromatic rings. The number of imidazole rings is 1. The molecule has 1 amide bonds. The van der Waals surface area contributed by atoms with E-state index in [0.29, 0.717) is 5.92 Å². The summed E-state index contributed by atoms with van der Waals surface area (Å²) in [6, 6.07) is 7.36. The number of piperidine rings is 1. The molecule has 0 radical (unpaired) electrons. The lowest BCUT2D eigenvalue weighted by Crippen LogP contribution is -2.41. The SMILES string of the molecule is COc1ccc(C(=O)N2CCCC(Cn3c(C)cnc3C)C2)cc1. The van der Waals surface area contributed by atoms with Gasteiger partial charge in [-0.25, -0.2) is 4.98 Å². The van der Waals surface area contributed by atoms with Crippen LogP contribution in [0, 0.1) is 19.8 Å². The summed E-state index contributed by atoms with van der Waals surface area (Å²) in [5.74, 6) is 2.41. The minimum atomic E-state index is 0.112. The first kappa shape index (κ1) is 16.6. The normalized spacial score (nSPS) is 17.8. The molecular formula is C19H25N3O2. The Labute approximate surface area is 143 Å². The summed E-state index contributed by atoms with van der Waals surface area (Å²) >= 11 is 0. The highest BCUT2D eigenvalue weighted by molar-refractivity contribution is 5.94. The minimum absolute atomic E-state index is 0.112. The molecule has 1 aliphatic rings. The Morgan fingerprint density at radius 3 is 2.67 bits per heavy atom. The lowest BCUT2D eigenvalue weighted by atomic mass is 9.97. The second-order valence-electron chi connectivity index (χ2n) is 6.55. The first-order valence-corrected chi connectivity index (χ1v) is 8.50. The number of hydrogen-bond donors (Lipinski definition) is 0. The number of ether oxygens (including phenoxy) is 1. The van der Waals surface area contributed by atoms with Gasteiger partial charge in [0.2, 0.25) is 0 Å². The standard InChI is InChI=1S/C19H25N3O2/c1-14-11-20-15(2)22(14)13-16-5-4-10-21(12-16)19(23)17-6-8-18(24-3)9-7-17/h6-9,11,16H,4-5,10,12-13H2,1-3H3. The van der Waals surface area contributed by atoms with E-state index in [1.54, 1.807) is 7.11 Å². The summed E-state index contributed by atoms with van der Waals surface area (Å²) in [6.45, 7) is 6.70. The number of aryl methyl sites for hydroxylation is 2. The molecule has 1 atom stereocenters. The zero-order valence-corrected chi connectivity index (χ0v) is 14.7. The van der Waals surface area contributed by atoms with Gasteiger partial charge in [0.15, 0.2) is 0 Å². The van der Waals surface area contributed by atoms with Crippen molar-refractivity contribution in [3.63, 3.8) is 0 Å². The Morgan fingerprint density at radius 1 is 1.29 bits per heavy atom. The summed E-state index contributed by atoms with van der Waals surface area (Å²) in [6.07, 6.45) is 4.13. The maximum absolute atomic E-state index is 12.7. The van der Waals surface area contributed by atoms with Crippen LogP contribution in [0.5, 0.6) is 5.75 Å². The second-order valence-corrected chi connectivity index (χ2v) is 6.55. The fourth-order valence-corrected chi connectivity index (χ4v) is 3.43. The van der Waals surface area contributed by atoms with Gasteiger partial charge in [0.05, 0.1) is 7.11 Å². The van der Waals surface area contributed by atoms with Crippen molar-refractivity contribution in [3.05, 3.63) is 47.5 Å². The van der Waals surface area contributed by atoms with E-state index in [0.717, 1.165) is 49.6 Å². The fourth-order valence-electron chi connectivity index (χ4n) is 3.43. The first-order chi connectivity index (χ1) is 11.6. The molecule has 5 nitrogen and oxygen atoms in total. The third-order valence-electron chi connectivity index (χ3n) is 4.84. The molecule has 5 heteroatoms. The third-order valence-corrected chi connectivity index (χ3v) is 4.84. The Hall–Kier alpha value is -2.30. The molecule has 0 saturated carbocycles. The van der Waals surface area contributed by atoms with Crippen molar-refractivity contribution in [2.75, 3.05) is 20.2 Å². The maximum atomic E-state index is 12.7. The van der Waals surface area contributed by atoms with Crippen molar-refractivity contribution >= 4 is 5.91 Å². The number of nitrogens with zero attached hydrogens (tertiary/aromatic N) is 3. The topological polar surface area (TPSA) is 47.4 Å². The molecule has 1 fully saturated rings. The molecule has 0 bridgehead atoms. The molecule has 0 aliphatic carbocycles. The van der Waals surface area contributed by atoms with Crippen LogP contribution in [0.3, 0.4) is 0 Å². The van der Waals surface area contributed by atoms with Crippen LogP contribution < -0.4 is 4.74 Å². The predicted octanol–water partition coefficient (Wildman–Crippen LogP) is 3.06. The monoisotopic (exact) mass is 327 g/mol. The number of amides is 1. The van der Waals surface area contributed by atoms with E-state index < -0.39 is 0 Å². The summed E-state index contributed by atoms with van der Waals surface area (Å²) < 4.78 is 7.41. The van der Waals surface area contributed by atoms with Gasteiger partial charge in [0.25, 0.3) is 5.91 Å². The van der Waals surface area contributed by atoms with Crippen LogP contribution in [0.1, 0.15) is 34.7 Å². The van der Waals surface area contributed by atoms with Crippen LogP contribution >= 0.6 is 0 Å². The highest BCUT2D eigenvalue weighted by Gasteiger charge is 2.25. The van der Waals surface area contributed by atoms with Gasteiger partial charge in [-0.05, 0) is 56.9 Å². The van der Waals surface area contributed by atoms with E-state index in [9.17, 15) is 4.79 Å². The summed E-state index contributed by atoms with van der Waals surface area (Å²) in [4.78, 5) is 19.1. The van der Waals surface area contributed by atoms with Crippen LogP contribution in [-0.4, -0.2) is 40.6 Å². The lowest BCUT2D eigenvalue weighted by molar-refractivity contribution is 0.0661. The van der Waals surface area contributed by atoms with Crippen molar-refractivity contribution in [1.82, 2.24) is 14.5 Å². The van der Waals surface area contributed by atoms with Crippen molar-refractivity contribution in [1.29, 1.82) is 0 Å². The highest BCUT2D eigenvalue weighted by atomic mass is 16.5. The van der Waals surface area contributed by atoms with Gasteiger partial charge < -0.3 is 14.2 Å². The molecule has 0 spiro atoms. The zero-order valence-electron chi connectivity index (χ0n) is 14.7. The molecule has 1 aliphatic heterocycles. The van der Waals surface area contributed by atoms with Crippen LogP contribution in [0.2, 0.25) is 0 Å². The minimum Gasteiger partial charge on any atom is -0.497 e. The number of carbonyl (C=O) groups excluding carboxylic acids is 1. The van der Waals surface area contributed by atoms with Gasteiger partial charge in [-0.2, -0.15) is 0 Å². The molecule has 3 rings (SSSR count). The van der Waals surface area contributed by atoms with Gasteiger partial charge in [-0.15, -0.1) is 0 Å². The van der Waals surface area contributed by atoms with Crippen LogP contribution in [-0.2, 0) is 6.54 Å². The highest BCUT2D eigenvalue weighted by Crippen LogP contribution is 2.22. The van der Waals surface area contributed by atoms with Crippen LogP contribution in [0.15, 0.2) is 30.5 Å². The third kappa shape index (κ3) is 3.45. The molecule has 1 unspecified atom stereocenters. The molecule has 0 N–H and O–H groups in total. The number of carbonyl (C=O) groups is 1. The molecule has 1 aromatic carbocycles. The van der Waals surface area contributed by atoms with Crippen molar-refractivity contribution in [2.24, 2.45) is 5.92 Å². The Morgan fingerprint density at radius 2 is 2.04 bits per heavy atom. The molecule has 2 heterocycles. The zero-order chi connectivity index (χ0) is 17.1. The van der Waals surface area contributed by atoms with Crippen LogP contribution in [0.4, 0.5) is 0 Å². The number of methoxy groups -OCH3 is 1. The number of benzene rings is 1. The molecule has 24 heavy (non-hydrogen) atoms. The molecule has 1 saturated heterocycles. The quantitative estimate of drug-likeness (QED) is 0.867. The van der Waals surface area contributed by atoms with Gasteiger partial charge in [0.1, 0.15) is 11.6 Å². The van der Waals surface area contributed by atoms with E-state index in [2.05, 4.69) is 16.5 Å². The Bertz CT molecular complexity index is 686. The molecule has 1 aromatic heterocycles. The smallest absolute Gasteiger partial charge is 0.253 e. The first-order valence-electron chi connectivity index (χ1n) is 8.50. The fraction of sp³-hybridized carbons (Fsp3) is 0.474. The van der Waals surface area contributed by atoms with Gasteiger partial charge >= 0.3 is 0 Å². The van der Waals surface area contributed by atoms with Gasteiger partial charge in [-0.1, -0.05) is 0 Å². The van der Waals surface area contributed by atoms with E-state index in [4.69, 9.17) is 4.74 Å². The summed E-state index contributed by atoms with van der Waals surface area (Å²) in [5.41, 5.74) is 1.91. The van der Waals surface area contributed by atoms with Gasteiger partial charge in [0, 0.05) is 37.1 Å². The van der Waals surface area contributed by atoms with Crippen molar-refractivity contribution < 1.29 is 9.53 Å². The second kappa shape index (κ2) is 7.07. The van der Waals surface area contributed by atoms with E-state index in [1.807, 2.05) is 42.3 Å². The average Bonchev–Trinajstić information content (AvgIpc) is 2.93. The summed E-state index contributed by atoms with van der Waals surface area (Å²) in [7, 11) is 1.63. The van der Waals surface area contributed by atoms with Crippen molar-refractivity contribution in [3.8, 4) is 5.75 Å². The number of hydrogen-bond acceptors (Lipinski definition) is 3. The predicted molar refractivity (Wildman–Crippen MR) is 93.3 cm³/mol. The molecule has 128 valence electrons. The molecular weight excluding hydrogens is 302 g/mol. The van der Waals surface area contributed by atoms with E-state index >= 15 is 0 Å². The van der Waals surface area contributed by atoms with Crippen molar-refractivity contribution in [2.45, 2.75) is 33.2 Å². The largest absolute Gasteiger partial charge is 0.497 e.